The van der Waals surface area contributed by atoms with Gasteiger partial charge in [0.1, 0.15) is 17.8 Å². The lowest BCUT2D eigenvalue weighted by molar-refractivity contribution is -0.122. The number of benzene rings is 2. The molecule has 1 fully saturated rings. The highest BCUT2D eigenvalue weighted by molar-refractivity contribution is 6.00. The molecular weight excluding hydrogens is 496 g/mol. The van der Waals surface area contributed by atoms with Crippen LogP contribution in [-0.4, -0.2) is 43.7 Å². The van der Waals surface area contributed by atoms with Crippen molar-refractivity contribution in [2.24, 2.45) is 0 Å². The first-order valence-electron chi connectivity index (χ1n) is 13.2. The van der Waals surface area contributed by atoms with Gasteiger partial charge in [-0.25, -0.2) is 4.98 Å². The van der Waals surface area contributed by atoms with Crippen LogP contribution in [0, 0.1) is 6.92 Å². The lowest BCUT2D eigenvalue weighted by Gasteiger charge is -2.25. The first kappa shape index (κ1) is 26.1. The number of H-pyrrole nitrogens is 1. The molecule has 202 valence electrons. The van der Waals surface area contributed by atoms with Gasteiger partial charge >= 0.3 is 0 Å². The molecule has 0 unspecified atom stereocenters. The summed E-state index contributed by atoms with van der Waals surface area (Å²) in [7, 11) is 0. The Labute approximate surface area is 225 Å². The number of fused-ring (bicyclic) bond motifs is 2. The third-order valence-corrected chi connectivity index (χ3v) is 7.51. The van der Waals surface area contributed by atoms with Gasteiger partial charge in [-0.2, -0.15) is 0 Å². The highest BCUT2D eigenvalue weighted by Gasteiger charge is 2.25. The second-order valence-electron chi connectivity index (χ2n) is 9.87. The van der Waals surface area contributed by atoms with Crippen LogP contribution < -0.4 is 5.32 Å². The Balaban J connectivity index is 0.000000983. The Morgan fingerprint density at radius 2 is 2.00 bits per heavy atom. The molecule has 3 aromatic heterocycles. The molecule has 3 heterocycles. The lowest BCUT2D eigenvalue weighted by Crippen LogP contribution is -2.26. The summed E-state index contributed by atoms with van der Waals surface area (Å²) < 4.78 is 7.74. The molecular formula is C30H32N4O5. The van der Waals surface area contributed by atoms with Crippen molar-refractivity contribution in [2.45, 2.75) is 51.5 Å². The number of phenolic OH excluding ortho intramolecular Hbond substituents is 1. The molecule has 0 bridgehead atoms. The van der Waals surface area contributed by atoms with Crippen LogP contribution in [0.15, 0.2) is 59.5 Å². The summed E-state index contributed by atoms with van der Waals surface area (Å²) >= 11 is 0. The van der Waals surface area contributed by atoms with E-state index in [4.69, 9.17) is 19.3 Å². The van der Waals surface area contributed by atoms with Crippen molar-refractivity contribution in [3.63, 3.8) is 0 Å². The van der Waals surface area contributed by atoms with E-state index < -0.39 is 0 Å². The van der Waals surface area contributed by atoms with Crippen molar-refractivity contribution in [2.75, 3.05) is 6.54 Å². The van der Waals surface area contributed by atoms with Gasteiger partial charge in [-0.3, -0.25) is 9.59 Å². The van der Waals surface area contributed by atoms with Gasteiger partial charge in [0.25, 0.3) is 12.4 Å². The number of hydrogen-bond acceptors (Lipinski definition) is 5. The number of carboxylic acid groups (broad SMARTS) is 1. The van der Waals surface area contributed by atoms with Gasteiger partial charge in [-0.1, -0.05) is 19.3 Å². The molecule has 0 radical (unpaired) electrons. The number of rotatable bonds is 6. The molecule has 5 aromatic rings. The molecule has 9 heteroatoms. The first-order valence-corrected chi connectivity index (χ1v) is 13.2. The fourth-order valence-corrected chi connectivity index (χ4v) is 5.62. The molecule has 1 saturated carbocycles. The second kappa shape index (κ2) is 11.5. The van der Waals surface area contributed by atoms with Crippen LogP contribution in [0.4, 0.5) is 0 Å². The Bertz CT molecular complexity index is 1590. The van der Waals surface area contributed by atoms with E-state index in [1.807, 2.05) is 37.4 Å². The fraction of sp³-hybridized carbons (Fsp3) is 0.300. The Hall–Kier alpha value is -4.53. The number of nitrogens with one attached hydrogen (secondary N) is 2. The second-order valence-corrected chi connectivity index (χ2v) is 9.87. The third-order valence-electron chi connectivity index (χ3n) is 7.51. The summed E-state index contributed by atoms with van der Waals surface area (Å²) in [5.74, 6) is 1.04. The molecule has 39 heavy (non-hydrogen) atoms. The number of nitrogens with zero attached hydrogens (tertiary/aromatic N) is 2. The Morgan fingerprint density at radius 3 is 2.74 bits per heavy atom. The fourth-order valence-electron chi connectivity index (χ4n) is 5.62. The highest BCUT2D eigenvalue weighted by Crippen LogP contribution is 2.37. The van der Waals surface area contributed by atoms with E-state index >= 15 is 0 Å². The summed E-state index contributed by atoms with van der Waals surface area (Å²) in [5.41, 5.74) is 6.48. The predicted octanol–water partition coefficient (Wildman–Crippen LogP) is 5.97. The van der Waals surface area contributed by atoms with Crippen LogP contribution in [0.1, 0.15) is 59.6 Å². The topological polar surface area (TPSA) is 133 Å². The van der Waals surface area contributed by atoms with E-state index in [1.165, 1.54) is 19.3 Å². The van der Waals surface area contributed by atoms with Crippen LogP contribution in [0.5, 0.6) is 5.75 Å². The molecule has 0 aliphatic heterocycles. The highest BCUT2D eigenvalue weighted by atomic mass is 16.3. The minimum atomic E-state index is -0.250. The van der Waals surface area contributed by atoms with Crippen molar-refractivity contribution in [3.8, 4) is 17.1 Å². The minimum absolute atomic E-state index is 0.103. The number of aromatic amines is 1. The maximum Gasteiger partial charge on any atom is 0.290 e. The first-order chi connectivity index (χ1) is 19.0. The van der Waals surface area contributed by atoms with Gasteiger partial charge in [-0.15, -0.1) is 0 Å². The SMILES string of the molecule is Cc1c(C(=O)NCCc2c[nH]c3ccc(O)cc23)ccc2c1nc(-c1ccoc1)n2C1CCCCC1.O=CO. The van der Waals surface area contributed by atoms with Gasteiger partial charge in [-0.05, 0) is 73.7 Å². The Kier molecular flexibility index (Phi) is 7.67. The number of carbonyl (C=O) groups is 2. The standard InChI is InChI=1S/C29H30N4O3.CH2O2/c1-18-23(29(35)30-13-11-19-16-31-25-9-7-22(34)15-24(19)25)8-10-26-27(18)32-28(20-12-14-36-17-20)33(26)21-5-3-2-4-6-21;2-1-3/h7-10,12,14-17,21,31,34H,2-6,11,13H2,1H3,(H,30,35);1H,(H,2,3). The predicted molar refractivity (Wildman–Crippen MR) is 149 cm³/mol. The summed E-state index contributed by atoms with van der Waals surface area (Å²) in [6.07, 6.45) is 12.0. The maximum absolute atomic E-state index is 13.2. The third kappa shape index (κ3) is 5.25. The molecule has 1 amide bonds. The molecule has 0 spiro atoms. The monoisotopic (exact) mass is 528 g/mol. The number of aromatic nitrogens is 3. The van der Waals surface area contributed by atoms with Crippen molar-refractivity contribution in [1.82, 2.24) is 19.9 Å². The average molecular weight is 529 g/mol. The number of carbonyl (C=O) groups excluding carboxylic acids is 1. The average Bonchev–Trinajstić information content (AvgIpc) is 3.69. The van der Waals surface area contributed by atoms with E-state index in [-0.39, 0.29) is 18.1 Å². The van der Waals surface area contributed by atoms with Crippen LogP contribution in [0.2, 0.25) is 0 Å². The quantitative estimate of drug-likeness (QED) is 0.201. The molecule has 9 nitrogen and oxygen atoms in total. The van der Waals surface area contributed by atoms with E-state index in [0.29, 0.717) is 24.6 Å². The van der Waals surface area contributed by atoms with Crippen LogP contribution in [-0.2, 0) is 11.2 Å². The molecule has 6 rings (SSSR count). The van der Waals surface area contributed by atoms with E-state index in [1.54, 1.807) is 24.7 Å². The number of phenols is 1. The van der Waals surface area contributed by atoms with Gasteiger partial charge in [0.05, 0.1) is 22.9 Å². The van der Waals surface area contributed by atoms with Crippen molar-refractivity contribution in [3.05, 3.63) is 71.8 Å². The van der Waals surface area contributed by atoms with Crippen molar-refractivity contribution >= 4 is 34.3 Å². The lowest BCUT2D eigenvalue weighted by atomic mass is 9.94. The van der Waals surface area contributed by atoms with E-state index in [9.17, 15) is 9.90 Å². The summed E-state index contributed by atoms with van der Waals surface area (Å²) in [6.45, 7) is 2.23. The number of hydrogen-bond donors (Lipinski definition) is 4. The number of imidazole rings is 1. The largest absolute Gasteiger partial charge is 0.508 e. The smallest absolute Gasteiger partial charge is 0.290 e. The maximum atomic E-state index is 13.2. The van der Waals surface area contributed by atoms with Crippen LogP contribution in [0.25, 0.3) is 33.3 Å². The molecule has 0 saturated heterocycles. The van der Waals surface area contributed by atoms with E-state index in [2.05, 4.69) is 14.9 Å². The van der Waals surface area contributed by atoms with Crippen molar-refractivity contribution in [1.29, 1.82) is 0 Å². The zero-order valence-corrected chi connectivity index (χ0v) is 21.8. The zero-order valence-electron chi connectivity index (χ0n) is 21.8. The van der Waals surface area contributed by atoms with Gasteiger partial charge in [0.2, 0.25) is 0 Å². The Morgan fingerprint density at radius 1 is 1.21 bits per heavy atom. The van der Waals surface area contributed by atoms with Crippen LogP contribution >= 0.6 is 0 Å². The van der Waals surface area contributed by atoms with E-state index in [0.717, 1.165) is 57.3 Å². The molecule has 4 N–H and O–H groups in total. The number of amides is 1. The summed E-state index contributed by atoms with van der Waals surface area (Å²) in [5, 5.41) is 20.8. The van der Waals surface area contributed by atoms with Crippen LogP contribution in [0.3, 0.4) is 0 Å². The molecule has 0 atom stereocenters. The van der Waals surface area contributed by atoms with Gasteiger partial charge in [0.15, 0.2) is 0 Å². The van der Waals surface area contributed by atoms with Gasteiger partial charge < -0.3 is 29.5 Å². The summed E-state index contributed by atoms with van der Waals surface area (Å²) in [6, 6.07) is 11.6. The van der Waals surface area contributed by atoms with Crippen molar-refractivity contribution < 1.29 is 24.2 Å². The molecule has 2 aromatic carbocycles. The number of aryl methyl sites for hydroxylation is 1. The van der Waals surface area contributed by atoms with Gasteiger partial charge in [0, 0.05) is 35.2 Å². The minimum Gasteiger partial charge on any atom is -0.508 e. The molecule has 1 aliphatic carbocycles. The zero-order chi connectivity index (χ0) is 27.4. The number of furan rings is 1. The molecule has 1 aliphatic rings. The number of aromatic hydroxyl groups is 1. The normalized spacial score (nSPS) is 13.8. The summed E-state index contributed by atoms with van der Waals surface area (Å²) in [4.78, 5) is 29.8.